The van der Waals surface area contributed by atoms with E-state index in [0.717, 1.165) is 67.9 Å². The van der Waals surface area contributed by atoms with E-state index >= 15 is 0 Å². The first kappa shape index (κ1) is 17.5. The first-order valence-corrected chi connectivity index (χ1v) is 10.0. The van der Waals surface area contributed by atoms with Gasteiger partial charge in [-0.05, 0) is 25.5 Å². The molecule has 2 aliphatic rings. The molecule has 1 aromatic rings. The van der Waals surface area contributed by atoms with Crippen molar-refractivity contribution in [2.75, 3.05) is 24.6 Å². The summed E-state index contributed by atoms with van der Waals surface area (Å²) in [5, 5.41) is 21.8. The molecule has 0 aliphatic carbocycles. The maximum Gasteiger partial charge on any atom is 0.191 e. The van der Waals surface area contributed by atoms with Crippen LogP contribution >= 0.6 is 11.8 Å². The predicted octanol–water partition coefficient (Wildman–Crippen LogP) is 0.578. The minimum Gasteiger partial charge on any atom is -0.387 e. The second kappa shape index (κ2) is 7.74. The van der Waals surface area contributed by atoms with Gasteiger partial charge in [0.1, 0.15) is 5.82 Å². The van der Waals surface area contributed by atoms with Gasteiger partial charge in [0, 0.05) is 31.2 Å². The Kier molecular flexibility index (Phi) is 5.65. The van der Waals surface area contributed by atoms with E-state index in [1.54, 1.807) is 11.8 Å². The first-order valence-electron chi connectivity index (χ1n) is 8.89. The maximum absolute atomic E-state index is 10.5. The topological polar surface area (TPSA) is 87.4 Å². The van der Waals surface area contributed by atoms with Gasteiger partial charge in [0.2, 0.25) is 0 Å². The lowest BCUT2D eigenvalue weighted by molar-refractivity contribution is 0.0778. The Balaban J connectivity index is 1.61. The summed E-state index contributed by atoms with van der Waals surface area (Å²) in [4.78, 5) is 9.18. The highest BCUT2D eigenvalue weighted by Crippen LogP contribution is 2.27. The Bertz CT molecular complexity index is 581. The van der Waals surface area contributed by atoms with E-state index in [2.05, 4.69) is 39.6 Å². The average Bonchev–Trinajstić information content (AvgIpc) is 3.19. The van der Waals surface area contributed by atoms with Gasteiger partial charge in [-0.3, -0.25) is 4.99 Å². The number of rotatable bonds is 5. The highest BCUT2D eigenvalue weighted by atomic mass is 32.2. The molecule has 3 N–H and O–H groups in total. The second-order valence-corrected chi connectivity index (χ2v) is 7.69. The lowest BCUT2D eigenvalue weighted by atomic mass is 10.0. The Hall–Kier alpha value is -1.28. The number of guanidine groups is 1. The van der Waals surface area contributed by atoms with Crippen LogP contribution in [0.2, 0.25) is 0 Å². The van der Waals surface area contributed by atoms with E-state index in [9.17, 15) is 5.11 Å². The molecule has 134 valence electrons. The van der Waals surface area contributed by atoms with Gasteiger partial charge in [0.05, 0.1) is 18.7 Å². The van der Waals surface area contributed by atoms with Crippen LogP contribution in [0.5, 0.6) is 0 Å². The molecule has 2 aliphatic heterocycles. The number of aryl methyl sites for hydroxylation is 2. The third-order valence-corrected chi connectivity index (χ3v) is 5.75. The van der Waals surface area contributed by atoms with Crippen molar-refractivity contribution in [3.8, 4) is 0 Å². The Labute approximate surface area is 147 Å². The zero-order chi connectivity index (χ0) is 17.0. The van der Waals surface area contributed by atoms with Crippen LogP contribution in [0.3, 0.4) is 0 Å². The largest absolute Gasteiger partial charge is 0.387 e. The number of aliphatic hydroxyl groups is 1. The molecule has 0 saturated carbocycles. The van der Waals surface area contributed by atoms with E-state index in [-0.39, 0.29) is 6.04 Å². The van der Waals surface area contributed by atoms with E-state index in [0.29, 0.717) is 6.54 Å². The minimum atomic E-state index is -0.644. The quantitative estimate of drug-likeness (QED) is 0.531. The summed E-state index contributed by atoms with van der Waals surface area (Å²) in [6.07, 6.45) is 3.65. The van der Waals surface area contributed by atoms with Crippen molar-refractivity contribution < 1.29 is 5.11 Å². The lowest BCUT2D eigenvalue weighted by Gasteiger charge is -2.26. The first-order chi connectivity index (χ1) is 11.6. The molecule has 8 heteroatoms. The molecular formula is C16H28N6OS. The molecule has 3 rings (SSSR count). The fraction of sp³-hybridized carbons (Fsp3) is 0.812. The molecule has 2 unspecified atom stereocenters. The van der Waals surface area contributed by atoms with E-state index < -0.39 is 5.60 Å². The number of hydrogen-bond donors (Lipinski definition) is 3. The molecule has 2 atom stereocenters. The normalized spacial score (nSPS) is 27.1. The summed E-state index contributed by atoms with van der Waals surface area (Å²) in [5.41, 5.74) is -0.644. The molecule has 0 amide bonds. The smallest absolute Gasteiger partial charge is 0.191 e. The van der Waals surface area contributed by atoms with Gasteiger partial charge in [-0.2, -0.15) is 16.9 Å². The van der Waals surface area contributed by atoms with Crippen molar-refractivity contribution in [3.63, 3.8) is 0 Å². The number of nitrogens with one attached hydrogen (secondary N) is 2. The summed E-state index contributed by atoms with van der Waals surface area (Å²) >= 11 is 1.80. The van der Waals surface area contributed by atoms with Crippen molar-refractivity contribution in [1.29, 1.82) is 0 Å². The number of fused-ring (bicyclic) bond motifs is 1. The highest BCUT2D eigenvalue weighted by Gasteiger charge is 2.31. The monoisotopic (exact) mass is 352 g/mol. The van der Waals surface area contributed by atoms with Crippen LogP contribution in [0, 0.1) is 0 Å². The zero-order valence-corrected chi connectivity index (χ0v) is 15.4. The van der Waals surface area contributed by atoms with Crippen molar-refractivity contribution >= 4 is 17.7 Å². The number of aliphatic imine (C=N–C) groups is 1. The van der Waals surface area contributed by atoms with Gasteiger partial charge in [-0.25, -0.2) is 9.67 Å². The van der Waals surface area contributed by atoms with Crippen molar-refractivity contribution in [2.24, 2.45) is 4.99 Å². The van der Waals surface area contributed by atoms with E-state index in [1.165, 1.54) is 0 Å². The molecule has 1 saturated heterocycles. The molecule has 0 bridgehead atoms. The van der Waals surface area contributed by atoms with Crippen molar-refractivity contribution in [1.82, 2.24) is 25.4 Å². The Morgan fingerprint density at radius 1 is 1.50 bits per heavy atom. The van der Waals surface area contributed by atoms with Crippen LogP contribution < -0.4 is 10.6 Å². The molecule has 1 aromatic heterocycles. The molecular weight excluding hydrogens is 324 g/mol. The average molecular weight is 353 g/mol. The van der Waals surface area contributed by atoms with Gasteiger partial charge >= 0.3 is 0 Å². The van der Waals surface area contributed by atoms with Crippen molar-refractivity contribution in [2.45, 2.75) is 57.7 Å². The molecule has 1 fully saturated rings. The summed E-state index contributed by atoms with van der Waals surface area (Å²) in [5.74, 6) is 4.60. The van der Waals surface area contributed by atoms with Crippen LogP contribution in [0.4, 0.5) is 0 Å². The third-order valence-electron chi connectivity index (χ3n) is 4.52. The zero-order valence-electron chi connectivity index (χ0n) is 14.6. The molecule has 0 spiro atoms. The number of hydrogen-bond acceptors (Lipinski definition) is 5. The van der Waals surface area contributed by atoms with Gasteiger partial charge in [0.15, 0.2) is 11.8 Å². The number of aromatic nitrogens is 3. The molecule has 24 heavy (non-hydrogen) atoms. The Morgan fingerprint density at radius 2 is 2.38 bits per heavy atom. The third kappa shape index (κ3) is 4.22. The minimum absolute atomic E-state index is 0.286. The van der Waals surface area contributed by atoms with Crippen LogP contribution in [-0.2, 0) is 19.4 Å². The standard InChI is InChI=1S/C16H28N6OS/c1-3-13-20-14-6-5-12(9-22(14)21-13)19-15(17-4-2)18-10-16(23)7-8-24-11-16/h12,23H,3-11H2,1-2H3,(H2,17,18,19). The lowest BCUT2D eigenvalue weighted by Crippen LogP contribution is -2.48. The molecule has 0 radical (unpaired) electrons. The number of thioether (sulfide) groups is 1. The molecule has 3 heterocycles. The van der Waals surface area contributed by atoms with Crippen LogP contribution in [0.25, 0.3) is 0 Å². The molecule has 0 aromatic carbocycles. The Morgan fingerprint density at radius 3 is 3.08 bits per heavy atom. The van der Waals surface area contributed by atoms with E-state index in [1.807, 2.05) is 4.68 Å². The van der Waals surface area contributed by atoms with Crippen molar-refractivity contribution in [3.05, 3.63) is 11.6 Å². The fourth-order valence-corrected chi connectivity index (χ4v) is 4.37. The second-order valence-electron chi connectivity index (χ2n) is 6.58. The van der Waals surface area contributed by atoms with Crippen LogP contribution in [-0.4, -0.2) is 62.1 Å². The SMILES string of the molecule is CCNC(=NCC1(O)CCSC1)NC1CCc2nc(CC)nn2C1. The van der Waals surface area contributed by atoms with Gasteiger partial charge in [0.25, 0.3) is 0 Å². The summed E-state index contributed by atoms with van der Waals surface area (Å²) < 4.78 is 2.02. The van der Waals surface area contributed by atoms with Gasteiger partial charge < -0.3 is 15.7 Å². The molecule has 7 nitrogen and oxygen atoms in total. The summed E-state index contributed by atoms with van der Waals surface area (Å²) in [6, 6.07) is 0.286. The van der Waals surface area contributed by atoms with Gasteiger partial charge in [-0.1, -0.05) is 6.92 Å². The summed E-state index contributed by atoms with van der Waals surface area (Å²) in [6.45, 7) is 6.21. The predicted molar refractivity (Wildman–Crippen MR) is 97.5 cm³/mol. The highest BCUT2D eigenvalue weighted by molar-refractivity contribution is 7.99. The van der Waals surface area contributed by atoms with Crippen LogP contribution in [0.15, 0.2) is 4.99 Å². The van der Waals surface area contributed by atoms with Crippen LogP contribution in [0.1, 0.15) is 38.3 Å². The fourth-order valence-electron chi connectivity index (χ4n) is 3.09. The van der Waals surface area contributed by atoms with Gasteiger partial charge in [-0.15, -0.1) is 0 Å². The summed E-state index contributed by atoms with van der Waals surface area (Å²) in [7, 11) is 0. The maximum atomic E-state index is 10.5. The number of nitrogens with zero attached hydrogens (tertiary/aromatic N) is 4. The van der Waals surface area contributed by atoms with E-state index in [4.69, 9.17) is 0 Å².